The molecule has 0 saturated carbocycles. The van der Waals surface area contributed by atoms with Crippen molar-refractivity contribution in [2.24, 2.45) is 4.99 Å². The van der Waals surface area contributed by atoms with Gasteiger partial charge in [0.25, 0.3) is 0 Å². The molecule has 0 radical (unpaired) electrons. The molecule has 0 heterocycles. The predicted molar refractivity (Wildman–Crippen MR) is 107 cm³/mol. The Balaban J connectivity index is 0.00000484. The lowest BCUT2D eigenvalue weighted by molar-refractivity contribution is 0.236. The zero-order chi connectivity index (χ0) is 16.5. The van der Waals surface area contributed by atoms with E-state index in [1.54, 1.807) is 19.2 Å². The fourth-order valence-electron chi connectivity index (χ4n) is 2.42. The highest BCUT2D eigenvalue weighted by molar-refractivity contribution is 14.0. The minimum atomic E-state index is -0.206. The van der Waals surface area contributed by atoms with Gasteiger partial charge in [0, 0.05) is 39.8 Å². The average Bonchev–Trinajstić information content (AvgIpc) is 2.49. The zero-order valence-corrected chi connectivity index (χ0v) is 17.2. The van der Waals surface area contributed by atoms with Crippen molar-refractivity contribution in [1.29, 1.82) is 0 Å². The second kappa shape index (κ2) is 11.6. The maximum Gasteiger partial charge on any atom is 0.193 e. The Morgan fingerprint density at radius 2 is 1.87 bits per heavy atom. The van der Waals surface area contributed by atoms with Crippen LogP contribution in [0.1, 0.15) is 26.3 Å². The molecule has 1 N–H and O–H groups in total. The van der Waals surface area contributed by atoms with Crippen LogP contribution in [0.2, 0.25) is 0 Å². The Labute approximate surface area is 157 Å². The van der Waals surface area contributed by atoms with E-state index in [9.17, 15) is 4.39 Å². The van der Waals surface area contributed by atoms with Crippen LogP contribution in [0.4, 0.5) is 4.39 Å². The lowest BCUT2D eigenvalue weighted by Gasteiger charge is -2.27. The van der Waals surface area contributed by atoms with E-state index < -0.39 is 0 Å². The molecule has 1 aromatic carbocycles. The van der Waals surface area contributed by atoms with E-state index in [2.05, 4.69) is 36.0 Å². The molecular weight excluding hydrogens is 406 g/mol. The normalized spacial score (nSPS) is 11.6. The van der Waals surface area contributed by atoms with Gasteiger partial charge in [-0.15, -0.1) is 24.0 Å². The van der Waals surface area contributed by atoms with Crippen LogP contribution in [0.5, 0.6) is 0 Å². The van der Waals surface area contributed by atoms with Gasteiger partial charge in [0.05, 0.1) is 0 Å². The Morgan fingerprint density at radius 3 is 2.35 bits per heavy atom. The van der Waals surface area contributed by atoms with Gasteiger partial charge in [-0.2, -0.15) is 0 Å². The molecule has 0 atom stereocenters. The highest BCUT2D eigenvalue weighted by Gasteiger charge is 2.09. The number of nitrogens with one attached hydrogen (secondary N) is 1. The summed E-state index contributed by atoms with van der Waals surface area (Å²) in [4.78, 5) is 8.75. The first-order chi connectivity index (χ1) is 10.5. The van der Waals surface area contributed by atoms with Gasteiger partial charge in [0.15, 0.2) is 5.96 Å². The molecule has 1 rings (SSSR count). The molecule has 1 aromatic rings. The number of hydrogen-bond acceptors (Lipinski definition) is 2. The summed E-state index contributed by atoms with van der Waals surface area (Å²) in [6.07, 6.45) is 0. The van der Waals surface area contributed by atoms with Crippen LogP contribution in [0.3, 0.4) is 0 Å². The highest BCUT2D eigenvalue weighted by atomic mass is 127. The number of nitrogens with zero attached hydrogens (tertiary/aromatic N) is 3. The van der Waals surface area contributed by atoms with Crippen LogP contribution < -0.4 is 5.32 Å². The van der Waals surface area contributed by atoms with Crippen LogP contribution in [0, 0.1) is 5.82 Å². The van der Waals surface area contributed by atoms with E-state index in [0.29, 0.717) is 12.6 Å². The summed E-state index contributed by atoms with van der Waals surface area (Å²) in [6, 6.07) is 7.13. The van der Waals surface area contributed by atoms with Gasteiger partial charge in [0.2, 0.25) is 0 Å². The second-order valence-corrected chi connectivity index (χ2v) is 5.68. The molecule has 23 heavy (non-hydrogen) atoms. The monoisotopic (exact) mass is 436 g/mol. The topological polar surface area (TPSA) is 30.9 Å². The quantitative estimate of drug-likeness (QED) is 0.405. The van der Waals surface area contributed by atoms with Crippen LogP contribution >= 0.6 is 24.0 Å². The average molecular weight is 436 g/mol. The Morgan fingerprint density at radius 1 is 1.26 bits per heavy atom. The van der Waals surface area contributed by atoms with Crippen molar-refractivity contribution in [1.82, 2.24) is 15.1 Å². The van der Waals surface area contributed by atoms with Crippen LogP contribution in [0.15, 0.2) is 29.3 Å². The maximum atomic E-state index is 12.9. The van der Waals surface area contributed by atoms with Crippen molar-refractivity contribution in [3.05, 3.63) is 35.6 Å². The molecule has 0 aliphatic rings. The molecule has 0 unspecified atom stereocenters. The van der Waals surface area contributed by atoms with Crippen molar-refractivity contribution >= 4 is 29.9 Å². The van der Waals surface area contributed by atoms with E-state index in [0.717, 1.165) is 31.2 Å². The first kappa shape index (κ1) is 22.1. The summed E-state index contributed by atoms with van der Waals surface area (Å²) in [5.74, 6) is 0.645. The lowest BCUT2D eigenvalue weighted by atomic mass is 10.2. The highest BCUT2D eigenvalue weighted by Crippen LogP contribution is 2.05. The molecule has 0 amide bonds. The van der Waals surface area contributed by atoms with Gasteiger partial charge in [-0.25, -0.2) is 4.39 Å². The summed E-state index contributed by atoms with van der Waals surface area (Å²) in [5.41, 5.74) is 1.06. The molecule has 6 heteroatoms. The molecule has 0 aromatic heterocycles. The predicted octanol–water partition coefficient (Wildman–Crippen LogP) is 3.18. The summed E-state index contributed by atoms with van der Waals surface area (Å²) in [6.45, 7) is 10.2. The van der Waals surface area contributed by atoms with Crippen molar-refractivity contribution < 1.29 is 4.39 Å². The van der Waals surface area contributed by atoms with E-state index in [4.69, 9.17) is 0 Å². The molecule has 0 spiro atoms. The Bertz CT molecular complexity index is 462. The number of guanidine groups is 1. The maximum absolute atomic E-state index is 12.9. The van der Waals surface area contributed by atoms with E-state index in [1.165, 1.54) is 12.1 Å². The van der Waals surface area contributed by atoms with Crippen molar-refractivity contribution in [2.75, 3.05) is 33.7 Å². The number of likely N-dealkylation sites (N-methyl/N-ethyl adjacent to an activating group) is 1. The first-order valence-electron chi connectivity index (χ1n) is 7.88. The third-order valence-corrected chi connectivity index (χ3v) is 3.72. The van der Waals surface area contributed by atoms with Crippen LogP contribution in [0.25, 0.3) is 0 Å². The van der Waals surface area contributed by atoms with Gasteiger partial charge in [-0.3, -0.25) is 9.89 Å². The van der Waals surface area contributed by atoms with Crippen molar-refractivity contribution in [3.63, 3.8) is 0 Å². The number of halogens is 2. The third kappa shape index (κ3) is 7.97. The standard InChI is InChI=1S/C17H29FN4.HI/c1-6-22(14(2)3)12-11-20-17(19-4)21(5)13-15-7-9-16(18)10-8-15;/h7-10,14H,6,11-13H2,1-5H3,(H,19,20);1H. The Hall–Kier alpha value is -0.890. The van der Waals surface area contributed by atoms with Gasteiger partial charge in [0.1, 0.15) is 5.82 Å². The number of hydrogen-bond donors (Lipinski definition) is 1. The first-order valence-corrected chi connectivity index (χ1v) is 7.88. The van der Waals surface area contributed by atoms with Crippen molar-refractivity contribution in [3.8, 4) is 0 Å². The van der Waals surface area contributed by atoms with Crippen LogP contribution in [-0.4, -0.2) is 55.5 Å². The summed E-state index contributed by atoms with van der Waals surface area (Å²) in [7, 11) is 3.77. The molecule has 0 fully saturated rings. The molecule has 4 nitrogen and oxygen atoms in total. The zero-order valence-electron chi connectivity index (χ0n) is 14.8. The summed E-state index contributed by atoms with van der Waals surface area (Å²) >= 11 is 0. The largest absolute Gasteiger partial charge is 0.355 e. The molecule has 0 saturated heterocycles. The molecule has 0 bridgehead atoms. The van der Waals surface area contributed by atoms with E-state index in [1.807, 2.05) is 11.9 Å². The van der Waals surface area contributed by atoms with Crippen molar-refractivity contribution in [2.45, 2.75) is 33.4 Å². The van der Waals surface area contributed by atoms with E-state index in [-0.39, 0.29) is 29.8 Å². The van der Waals surface area contributed by atoms with Crippen LogP contribution in [-0.2, 0) is 6.54 Å². The fraction of sp³-hybridized carbons (Fsp3) is 0.588. The molecule has 132 valence electrons. The fourth-order valence-corrected chi connectivity index (χ4v) is 2.42. The van der Waals surface area contributed by atoms with Gasteiger partial charge < -0.3 is 10.2 Å². The Kier molecular flexibility index (Phi) is 11.2. The molecule has 0 aliphatic carbocycles. The summed E-state index contributed by atoms with van der Waals surface area (Å²) in [5, 5.41) is 3.38. The molecule has 0 aliphatic heterocycles. The minimum Gasteiger partial charge on any atom is -0.355 e. The smallest absolute Gasteiger partial charge is 0.193 e. The minimum absolute atomic E-state index is 0. The van der Waals surface area contributed by atoms with Gasteiger partial charge >= 0.3 is 0 Å². The SMILES string of the molecule is CCN(CCNC(=NC)N(C)Cc1ccc(F)cc1)C(C)C.I. The summed E-state index contributed by atoms with van der Waals surface area (Å²) < 4.78 is 12.9. The van der Waals surface area contributed by atoms with Gasteiger partial charge in [-0.05, 0) is 38.1 Å². The number of aliphatic imine (C=N–C) groups is 1. The third-order valence-electron chi connectivity index (χ3n) is 3.72. The number of rotatable bonds is 7. The second-order valence-electron chi connectivity index (χ2n) is 5.68. The number of benzene rings is 1. The lowest BCUT2D eigenvalue weighted by Crippen LogP contribution is -2.43. The van der Waals surface area contributed by atoms with Gasteiger partial charge in [-0.1, -0.05) is 19.1 Å². The molecular formula is C17H30FIN4. The van der Waals surface area contributed by atoms with E-state index >= 15 is 0 Å².